The first-order chi connectivity index (χ1) is 19.1. The Bertz CT molecular complexity index is 967. The Morgan fingerprint density at radius 2 is 1.40 bits per heavy atom. The number of likely N-dealkylation sites (N-methyl/N-ethyl adjacent to an activating group) is 1. The molecule has 3 rings (SSSR count). The lowest BCUT2D eigenvalue weighted by Gasteiger charge is -2.36. The highest BCUT2D eigenvalue weighted by molar-refractivity contribution is 5.77. The SMILES string of the molecule is CNC(=O)CN1CCO[C@H]2CN(Cc3cccnc3)C[C@H]21.O=C(O)C(F)(F)F.O=C(O)C(F)(F)F.O=C(O)C(F)(F)F. The van der Waals surface area contributed by atoms with Crippen molar-refractivity contribution >= 4 is 23.8 Å². The molecule has 2 saturated heterocycles. The molecule has 2 atom stereocenters. The molecular weight excluding hydrogens is 607 g/mol. The molecule has 0 bridgehead atoms. The van der Waals surface area contributed by atoms with Gasteiger partial charge in [-0.25, -0.2) is 14.4 Å². The van der Waals surface area contributed by atoms with Crippen LogP contribution in [0.3, 0.4) is 0 Å². The number of aromatic nitrogens is 1. The number of halogens is 9. The minimum absolute atomic E-state index is 0.0707. The van der Waals surface area contributed by atoms with Crippen LogP contribution >= 0.6 is 0 Å². The second-order valence-electron chi connectivity index (χ2n) is 8.08. The summed E-state index contributed by atoms with van der Waals surface area (Å²) in [5.74, 6) is -8.20. The van der Waals surface area contributed by atoms with Crippen LogP contribution in [0.2, 0.25) is 0 Å². The quantitative estimate of drug-likeness (QED) is 0.356. The lowest BCUT2D eigenvalue weighted by Crippen LogP contribution is -2.53. The Labute approximate surface area is 230 Å². The van der Waals surface area contributed by atoms with E-state index in [1.165, 1.54) is 5.56 Å². The van der Waals surface area contributed by atoms with E-state index in [0.29, 0.717) is 19.2 Å². The molecule has 21 heteroatoms. The Morgan fingerprint density at radius 3 is 1.79 bits per heavy atom. The zero-order valence-corrected chi connectivity index (χ0v) is 21.3. The van der Waals surface area contributed by atoms with Crippen molar-refractivity contribution in [3.05, 3.63) is 30.1 Å². The van der Waals surface area contributed by atoms with Gasteiger partial charge in [0.05, 0.1) is 25.3 Å². The van der Waals surface area contributed by atoms with Crippen LogP contribution in [0.25, 0.3) is 0 Å². The maximum absolute atomic E-state index is 11.6. The highest BCUT2D eigenvalue weighted by Crippen LogP contribution is 2.24. The standard InChI is InChI=1S/C15H22N4O2.3C2HF3O2/c1-16-15(20)11-19-5-6-21-14-10-18(9-13(14)19)8-12-3-2-4-17-7-12;3*3-2(4,5)1(6)7/h2-4,7,13-14H,5-6,8-11H2,1H3,(H,16,20);3*(H,6,7)/t13-,14+;;;/m1.../s1. The van der Waals surface area contributed by atoms with E-state index in [-0.39, 0.29) is 12.0 Å². The maximum atomic E-state index is 11.6. The Hall–Kier alpha value is -3.72. The van der Waals surface area contributed by atoms with E-state index in [2.05, 4.69) is 26.2 Å². The molecule has 4 N–H and O–H groups in total. The predicted octanol–water partition coefficient (Wildman–Crippen LogP) is 1.61. The van der Waals surface area contributed by atoms with E-state index < -0.39 is 36.4 Å². The van der Waals surface area contributed by atoms with E-state index in [9.17, 15) is 44.3 Å². The summed E-state index contributed by atoms with van der Waals surface area (Å²) in [4.78, 5) is 47.1. The van der Waals surface area contributed by atoms with Gasteiger partial charge in [-0.05, 0) is 11.6 Å². The van der Waals surface area contributed by atoms with E-state index in [1.54, 1.807) is 13.2 Å². The zero-order valence-electron chi connectivity index (χ0n) is 21.3. The minimum Gasteiger partial charge on any atom is -0.475 e. The average molecular weight is 632 g/mol. The van der Waals surface area contributed by atoms with Crippen molar-refractivity contribution < 1.29 is 78.7 Å². The lowest BCUT2D eigenvalue weighted by molar-refractivity contribution is -0.193. The number of nitrogens with zero attached hydrogens (tertiary/aromatic N) is 3. The van der Waals surface area contributed by atoms with Crippen molar-refractivity contribution in [3.63, 3.8) is 0 Å². The third kappa shape index (κ3) is 15.3. The molecule has 0 aliphatic carbocycles. The number of rotatable bonds is 4. The van der Waals surface area contributed by atoms with Gasteiger partial charge in [0.2, 0.25) is 5.91 Å². The van der Waals surface area contributed by atoms with Gasteiger partial charge in [0.1, 0.15) is 0 Å². The highest BCUT2D eigenvalue weighted by Gasteiger charge is 2.41. The van der Waals surface area contributed by atoms with Crippen molar-refractivity contribution in [1.29, 1.82) is 0 Å². The fourth-order valence-electron chi connectivity index (χ4n) is 3.17. The number of hydrogen-bond donors (Lipinski definition) is 4. The molecule has 0 spiro atoms. The summed E-state index contributed by atoms with van der Waals surface area (Å²) in [5.41, 5.74) is 1.22. The van der Waals surface area contributed by atoms with Crippen molar-refractivity contribution in [1.82, 2.24) is 20.1 Å². The minimum atomic E-state index is -5.08. The van der Waals surface area contributed by atoms with E-state index >= 15 is 0 Å². The Balaban J connectivity index is 0.000000660. The Kier molecular flexibility index (Phi) is 15.2. The fourth-order valence-corrected chi connectivity index (χ4v) is 3.17. The molecule has 2 aliphatic heterocycles. The summed E-state index contributed by atoms with van der Waals surface area (Å²) >= 11 is 0. The topological polar surface area (TPSA) is 170 Å². The molecular formula is C21H25F9N4O8. The number of hydrogen-bond acceptors (Lipinski definition) is 8. The molecule has 1 aromatic rings. The number of alkyl halides is 9. The molecule has 1 amide bonds. The first-order valence-corrected chi connectivity index (χ1v) is 11.2. The van der Waals surface area contributed by atoms with Crippen LogP contribution in [0.5, 0.6) is 0 Å². The third-order valence-electron chi connectivity index (χ3n) is 4.97. The molecule has 0 saturated carbocycles. The van der Waals surface area contributed by atoms with Crippen LogP contribution in [-0.2, 0) is 30.5 Å². The van der Waals surface area contributed by atoms with E-state index in [1.807, 2.05) is 12.3 Å². The average Bonchev–Trinajstić information content (AvgIpc) is 3.27. The molecule has 2 fully saturated rings. The number of carbonyl (C=O) groups excluding carboxylic acids is 1. The van der Waals surface area contributed by atoms with Crippen LogP contribution < -0.4 is 5.32 Å². The molecule has 42 heavy (non-hydrogen) atoms. The van der Waals surface area contributed by atoms with Gasteiger partial charge >= 0.3 is 36.4 Å². The summed E-state index contributed by atoms with van der Waals surface area (Å²) in [5, 5.41) is 24.1. The van der Waals surface area contributed by atoms with Gasteiger partial charge in [0.25, 0.3) is 0 Å². The first kappa shape index (κ1) is 38.3. The number of morpholine rings is 1. The second kappa shape index (κ2) is 16.7. The number of pyridine rings is 1. The van der Waals surface area contributed by atoms with Gasteiger partial charge in [-0.2, -0.15) is 39.5 Å². The fraction of sp³-hybridized carbons (Fsp3) is 0.571. The maximum Gasteiger partial charge on any atom is 0.490 e. The van der Waals surface area contributed by atoms with Gasteiger partial charge < -0.3 is 25.4 Å². The molecule has 2 aliphatic rings. The molecule has 12 nitrogen and oxygen atoms in total. The van der Waals surface area contributed by atoms with Crippen LogP contribution in [0, 0.1) is 0 Å². The van der Waals surface area contributed by atoms with Gasteiger partial charge in [0.15, 0.2) is 0 Å². The van der Waals surface area contributed by atoms with Crippen LogP contribution in [0.1, 0.15) is 5.56 Å². The third-order valence-corrected chi connectivity index (χ3v) is 4.97. The Morgan fingerprint density at radius 1 is 0.929 bits per heavy atom. The number of amides is 1. The number of likely N-dealkylation sites (tertiary alicyclic amines) is 1. The lowest BCUT2D eigenvalue weighted by atomic mass is 10.1. The second-order valence-corrected chi connectivity index (χ2v) is 8.08. The highest BCUT2D eigenvalue weighted by atomic mass is 19.4. The zero-order chi connectivity index (χ0) is 32.9. The monoisotopic (exact) mass is 632 g/mol. The summed E-state index contributed by atoms with van der Waals surface area (Å²) in [7, 11) is 1.68. The van der Waals surface area contributed by atoms with Gasteiger partial charge in [-0.3, -0.25) is 19.6 Å². The molecule has 0 unspecified atom stereocenters. The number of carbonyl (C=O) groups is 4. The predicted molar refractivity (Wildman–Crippen MR) is 120 cm³/mol. The van der Waals surface area contributed by atoms with Gasteiger partial charge in [0, 0.05) is 45.6 Å². The van der Waals surface area contributed by atoms with E-state index in [0.717, 1.165) is 26.2 Å². The summed E-state index contributed by atoms with van der Waals surface area (Å²) in [6, 6.07) is 4.37. The van der Waals surface area contributed by atoms with Crippen LogP contribution in [-0.4, -0.2) is 124 Å². The molecule has 3 heterocycles. The number of ether oxygens (including phenoxy) is 1. The first-order valence-electron chi connectivity index (χ1n) is 11.2. The number of carboxylic acids is 3. The summed E-state index contributed by atoms with van der Waals surface area (Å²) in [6.45, 7) is 4.74. The number of aliphatic carboxylic acids is 3. The van der Waals surface area contributed by atoms with Crippen molar-refractivity contribution in [2.45, 2.75) is 37.2 Å². The van der Waals surface area contributed by atoms with Crippen LogP contribution in [0.15, 0.2) is 24.5 Å². The van der Waals surface area contributed by atoms with Crippen molar-refractivity contribution in [3.8, 4) is 0 Å². The van der Waals surface area contributed by atoms with Crippen molar-refractivity contribution in [2.24, 2.45) is 0 Å². The summed E-state index contributed by atoms with van der Waals surface area (Å²) < 4.78 is 101. The van der Waals surface area contributed by atoms with Crippen molar-refractivity contribution in [2.75, 3.05) is 39.8 Å². The van der Waals surface area contributed by atoms with E-state index in [4.69, 9.17) is 34.4 Å². The molecule has 240 valence electrons. The summed E-state index contributed by atoms with van der Waals surface area (Å²) in [6.07, 6.45) is -11.3. The molecule has 1 aromatic heterocycles. The largest absolute Gasteiger partial charge is 0.490 e. The van der Waals surface area contributed by atoms with Gasteiger partial charge in [-0.1, -0.05) is 6.07 Å². The molecule has 0 aromatic carbocycles. The normalized spacial score (nSPS) is 18.9. The van der Waals surface area contributed by atoms with Gasteiger partial charge in [-0.15, -0.1) is 0 Å². The van der Waals surface area contributed by atoms with Crippen LogP contribution in [0.4, 0.5) is 39.5 Å². The number of carboxylic acid groups (broad SMARTS) is 3. The number of nitrogens with one attached hydrogen (secondary N) is 1. The number of fused-ring (bicyclic) bond motifs is 1. The molecule has 0 radical (unpaired) electrons. The smallest absolute Gasteiger partial charge is 0.475 e.